The Balaban J connectivity index is 1.40. The normalized spacial score (nSPS) is 19.0. The predicted octanol–water partition coefficient (Wildman–Crippen LogP) is 17.8. The zero-order valence-electron chi connectivity index (χ0n) is 47.8. The maximum Gasteiger partial charge on any atom is 0.364 e. The van der Waals surface area contributed by atoms with Crippen LogP contribution in [0, 0.1) is 53.4 Å². The van der Waals surface area contributed by atoms with Gasteiger partial charge >= 0.3 is 5.84 Å². The van der Waals surface area contributed by atoms with E-state index in [2.05, 4.69) is 263 Å². The van der Waals surface area contributed by atoms with Crippen LogP contribution < -0.4 is 0 Å². The summed E-state index contributed by atoms with van der Waals surface area (Å²) in [5.74, 6) is 1.01. The van der Waals surface area contributed by atoms with Gasteiger partial charge in [-0.1, -0.05) is 261 Å². The molecule has 5 aromatic rings. The van der Waals surface area contributed by atoms with Crippen LogP contribution in [0.15, 0.2) is 107 Å². The van der Waals surface area contributed by atoms with Crippen molar-refractivity contribution >= 4 is 33.2 Å². The Morgan fingerprint density at radius 3 is 0.943 bits per heavy atom. The molecule has 2 aliphatic rings. The summed E-state index contributed by atoms with van der Waals surface area (Å²) in [7, 11) is 0. The molecule has 0 aliphatic carbocycles. The number of rotatable bonds is 4. The molecule has 0 spiro atoms. The average molecular weight is 945 g/mol. The minimum absolute atomic E-state index is 0.355. The van der Waals surface area contributed by atoms with Gasteiger partial charge in [0.15, 0.2) is 0 Å². The molecule has 0 amide bonds. The van der Waals surface area contributed by atoms with Gasteiger partial charge in [0.1, 0.15) is 5.84 Å². The van der Waals surface area contributed by atoms with Gasteiger partial charge in [0.2, 0.25) is 11.1 Å². The second-order valence-corrected chi connectivity index (χ2v) is 29.3. The van der Waals surface area contributed by atoms with Gasteiger partial charge in [-0.25, -0.2) is 0 Å². The number of aliphatic imine (C=N–C) groups is 2. The van der Waals surface area contributed by atoms with E-state index in [9.17, 15) is 0 Å². The van der Waals surface area contributed by atoms with Crippen LogP contribution in [0.5, 0.6) is 0 Å². The topological polar surface area (TPSA) is 71.1 Å². The van der Waals surface area contributed by atoms with E-state index in [1.807, 2.05) is 0 Å². The number of amidine groups is 2. The largest absolute Gasteiger partial charge is 0.757 e. The fourth-order valence-electron chi connectivity index (χ4n) is 16.6. The van der Waals surface area contributed by atoms with Gasteiger partial charge in [-0.05, 0) is 82.4 Å². The molecule has 0 atom stereocenters. The zero-order valence-corrected chi connectivity index (χ0v) is 47.8. The van der Waals surface area contributed by atoms with E-state index in [-0.39, 0.29) is 21.7 Å². The number of fused-ring (bicyclic) bond motifs is 2. The molecule has 2 heterocycles. The molecule has 2 aliphatic heterocycles. The Hall–Kier alpha value is -4.68. The van der Waals surface area contributed by atoms with Crippen molar-refractivity contribution in [3.05, 3.63) is 118 Å². The minimum Gasteiger partial charge on any atom is -0.757 e. The van der Waals surface area contributed by atoms with Gasteiger partial charge in [0.25, 0.3) is 0 Å². The quantitative estimate of drug-likeness (QED) is 0.133. The van der Waals surface area contributed by atoms with E-state index in [4.69, 9.17) is 9.98 Å². The summed E-state index contributed by atoms with van der Waals surface area (Å²) in [6, 6.07) is 34.6. The van der Waals surface area contributed by atoms with E-state index in [0.29, 0.717) is 11.7 Å². The van der Waals surface area contributed by atoms with Crippen molar-refractivity contribution in [1.82, 2.24) is 5.06 Å². The molecular formula is C64H88N4O2. The molecule has 7 rings (SSSR count). The van der Waals surface area contributed by atoms with Crippen molar-refractivity contribution in [3.8, 4) is 22.3 Å². The van der Waals surface area contributed by atoms with Gasteiger partial charge in [0.05, 0.1) is 16.6 Å². The summed E-state index contributed by atoms with van der Waals surface area (Å²) in [6.45, 7) is 53.9. The number of hydroxylamine groups is 2. The Kier molecular flexibility index (Phi) is 12.1. The van der Waals surface area contributed by atoms with Crippen LogP contribution in [0.25, 0.3) is 43.8 Å². The van der Waals surface area contributed by atoms with Gasteiger partial charge in [-0.2, -0.15) is 0 Å². The number of hydrogen-bond donors (Lipinski definition) is 0. The van der Waals surface area contributed by atoms with Crippen LogP contribution in [0.1, 0.15) is 177 Å². The Morgan fingerprint density at radius 1 is 0.386 bits per heavy atom. The van der Waals surface area contributed by atoms with E-state index in [1.54, 1.807) is 0 Å². The van der Waals surface area contributed by atoms with Crippen molar-refractivity contribution in [2.24, 2.45) is 53.3 Å². The second-order valence-electron chi connectivity index (χ2n) is 29.3. The predicted molar refractivity (Wildman–Crippen MR) is 301 cm³/mol. The van der Waals surface area contributed by atoms with E-state index >= 15 is 10.1 Å². The summed E-state index contributed by atoms with van der Waals surface area (Å²) in [5.41, 5.74) is -0.343. The highest BCUT2D eigenvalue weighted by molar-refractivity contribution is 6.21. The van der Waals surface area contributed by atoms with Crippen LogP contribution in [0.4, 0.5) is 0 Å². The molecule has 0 saturated carbocycles. The monoisotopic (exact) mass is 945 g/mol. The average Bonchev–Trinajstić information content (AvgIpc) is 3.70. The zero-order chi connectivity index (χ0) is 52.8. The lowest BCUT2D eigenvalue weighted by molar-refractivity contribution is -0.581. The minimum atomic E-state index is -0.885. The molecule has 0 bridgehead atoms. The third-order valence-corrected chi connectivity index (χ3v) is 17.1. The van der Waals surface area contributed by atoms with Crippen molar-refractivity contribution in [1.29, 1.82) is 0 Å². The number of nitroso groups, excluding NO2 is 1. The Morgan fingerprint density at radius 2 is 0.686 bits per heavy atom. The first kappa shape index (κ1) is 53.1. The molecule has 70 heavy (non-hydrogen) atoms. The molecule has 5 aromatic carbocycles. The maximum absolute atomic E-state index is 15.6. The summed E-state index contributed by atoms with van der Waals surface area (Å²) >= 11 is 0. The van der Waals surface area contributed by atoms with Gasteiger partial charge in [-0.3, -0.25) is 4.99 Å². The fourth-order valence-corrected chi connectivity index (χ4v) is 16.6. The van der Waals surface area contributed by atoms with Gasteiger partial charge < -0.3 is 10.3 Å². The fraction of sp³-hybridized carbons (Fsp3) is 0.562. The van der Waals surface area contributed by atoms with E-state index < -0.39 is 43.8 Å². The van der Waals surface area contributed by atoms with Crippen LogP contribution in [-0.2, 0) is 0 Å². The van der Waals surface area contributed by atoms with Crippen LogP contribution in [0.3, 0.4) is 0 Å². The lowest BCUT2D eigenvalue weighted by Gasteiger charge is -2.71. The lowest BCUT2D eigenvalue weighted by atomic mass is 9.41. The number of benzene rings is 5. The van der Waals surface area contributed by atoms with Crippen LogP contribution >= 0.6 is 0 Å². The summed E-state index contributed by atoms with van der Waals surface area (Å²) in [6.07, 6.45) is 0. The standard InChI is InChI=1S/C64H88N4O2/c1-53(2,3)61(54(4,5)6)63(57(13,14)15,58(16,17)18)67(69)51(65-61)43-37-33-41(34-38-43)49-45-29-25-27-31-47(45)50(48-32-28-26-30-46(48)49)42-35-39-44(40-36-42)52-66-62(55(7,8)9,56(10,11)12)64(68(52)70,59(19,20)21)60(22,23)24/h25-40H,1-24H3. The number of hydrogen-bond acceptors (Lipinski definition) is 5. The molecule has 0 fully saturated rings. The highest BCUT2D eigenvalue weighted by Crippen LogP contribution is 2.70. The van der Waals surface area contributed by atoms with Crippen LogP contribution in [0.2, 0.25) is 0 Å². The molecule has 6 nitrogen and oxygen atoms in total. The van der Waals surface area contributed by atoms with Gasteiger partial charge in [0, 0.05) is 27.2 Å². The van der Waals surface area contributed by atoms with E-state index in [1.165, 1.54) is 9.82 Å². The molecule has 0 saturated heterocycles. The highest BCUT2D eigenvalue weighted by Gasteiger charge is 2.84. The van der Waals surface area contributed by atoms with Crippen molar-refractivity contribution in [2.75, 3.05) is 0 Å². The molecular weight excluding hydrogens is 857 g/mol. The summed E-state index contributed by atoms with van der Waals surface area (Å²) < 4.78 is 1.33. The number of nitrogens with zero attached hydrogens (tertiary/aromatic N) is 4. The molecule has 0 aromatic heterocycles. The molecule has 6 heteroatoms. The molecule has 0 N–H and O–H groups in total. The second kappa shape index (κ2) is 15.9. The van der Waals surface area contributed by atoms with Crippen molar-refractivity contribution in [2.45, 2.75) is 188 Å². The Labute approximate surface area is 423 Å². The SMILES string of the molecule is CC(C)(C)C1(C(C)(C)C)N=C(c2ccc(-c3c4ccccc4c(-c4ccc(C5=NC(C(C)(C)C)(C(C)(C)C)C(C(C)(C)C)(C(C)(C)C)[N+]5=O)cc4)c4ccccc34)cc2)N([O-])C1(C(C)(C)C)C(C)(C)C. The molecule has 376 valence electrons. The summed E-state index contributed by atoms with van der Waals surface area (Å²) in [5, 5.41) is 21.5. The molecule has 0 radical (unpaired) electrons. The van der Waals surface area contributed by atoms with Crippen LogP contribution in [-0.4, -0.2) is 43.7 Å². The van der Waals surface area contributed by atoms with E-state index in [0.717, 1.165) is 54.9 Å². The highest BCUT2D eigenvalue weighted by atomic mass is 16.5. The third-order valence-electron chi connectivity index (χ3n) is 17.1. The van der Waals surface area contributed by atoms with Gasteiger partial charge in [-0.15, -0.1) is 0 Å². The molecule has 0 unspecified atom stereocenters. The maximum atomic E-state index is 15.6. The van der Waals surface area contributed by atoms with Crippen molar-refractivity contribution < 1.29 is 4.76 Å². The first-order valence-corrected chi connectivity index (χ1v) is 26.0. The Bertz CT molecular complexity index is 2800. The lowest BCUT2D eigenvalue weighted by Crippen LogP contribution is -2.78. The first-order chi connectivity index (χ1) is 31.7. The smallest absolute Gasteiger partial charge is 0.364 e. The van der Waals surface area contributed by atoms with Crippen molar-refractivity contribution in [3.63, 3.8) is 0 Å². The summed E-state index contributed by atoms with van der Waals surface area (Å²) in [4.78, 5) is 27.1. The third kappa shape index (κ3) is 6.86. The first-order valence-electron chi connectivity index (χ1n) is 26.0.